The van der Waals surface area contributed by atoms with E-state index in [9.17, 15) is 0 Å². The third-order valence-electron chi connectivity index (χ3n) is 1.60. The molecule has 2 heterocycles. The van der Waals surface area contributed by atoms with Crippen LogP contribution in [0.4, 0.5) is 0 Å². The molecular formula is C8H2Cl4OS. The van der Waals surface area contributed by atoms with E-state index in [0.29, 0.717) is 25.7 Å². The van der Waals surface area contributed by atoms with Gasteiger partial charge in [-0.2, -0.15) is 0 Å². The molecule has 2 aromatic heterocycles. The molecule has 2 rings (SSSR count). The molecule has 0 aliphatic rings. The maximum absolute atomic E-state index is 5.94. The second-order valence-electron chi connectivity index (χ2n) is 2.47. The van der Waals surface area contributed by atoms with Crippen molar-refractivity contribution in [2.45, 2.75) is 0 Å². The lowest BCUT2D eigenvalue weighted by Crippen LogP contribution is -1.67. The van der Waals surface area contributed by atoms with Gasteiger partial charge in [0.05, 0.1) is 10.0 Å². The summed E-state index contributed by atoms with van der Waals surface area (Å²) in [5, 5.41) is 2.76. The van der Waals surface area contributed by atoms with Gasteiger partial charge in [-0.1, -0.05) is 34.8 Å². The third kappa shape index (κ3) is 1.77. The maximum atomic E-state index is 5.94. The Labute approximate surface area is 104 Å². The predicted octanol–water partition coefficient (Wildman–Crippen LogP) is 5.62. The smallest absolute Gasteiger partial charge is 0.212 e. The Bertz CT molecular complexity index is 454. The number of hydrogen-bond donors (Lipinski definition) is 0. The van der Waals surface area contributed by atoms with Gasteiger partial charge >= 0.3 is 0 Å². The minimum absolute atomic E-state index is 0.153. The Morgan fingerprint density at radius 1 is 1.14 bits per heavy atom. The lowest BCUT2D eigenvalue weighted by molar-refractivity contribution is 0.585. The molecule has 0 amide bonds. The average molecular weight is 288 g/mol. The van der Waals surface area contributed by atoms with Crippen molar-refractivity contribution >= 4 is 57.7 Å². The van der Waals surface area contributed by atoms with Crippen LogP contribution < -0.4 is 0 Å². The van der Waals surface area contributed by atoms with E-state index in [2.05, 4.69) is 0 Å². The van der Waals surface area contributed by atoms with E-state index >= 15 is 0 Å². The standard InChI is InChI=1S/C8H2Cl4OS/c9-4-1-5(13-7(4)11)3-2-14-8(12)6(3)10/h1-2H. The van der Waals surface area contributed by atoms with Crippen molar-refractivity contribution in [2.24, 2.45) is 0 Å². The molecule has 14 heavy (non-hydrogen) atoms. The van der Waals surface area contributed by atoms with Crippen molar-refractivity contribution in [3.63, 3.8) is 0 Å². The van der Waals surface area contributed by atoms with Gasteiger partial charge in [0.2, 0.25) is 5.22 Å². The molecule has 0 atom stereocenters. The second-order valence-corrected chi connectivity index (χ2v) is 5.08. The topological polar surface area (TPSA) is 13.1 Å². The molecule has 0 saturated heterocycles. The van der Waals surface area contributed by atoms with Crippen molar-refractivity contribution < 1.29 is 4.42 Å². The molecule has 74 valence electrons. The molecule has 0 aromatic carbocycles. The lowest BCUT2D eigenvalue weighted by Gasteiger charge is -1.91. The van der Waals surface area contributed by atoms with E-state index < -0.39 is 0 Å². The summed E-state index contributed by atoms with van der Waals surface area (Å²) >= 11 is 24.5. The normalized spacial score (nSPS) is 10.9. The molecule has 0 aliphatic heterocycles. The molecular weight excluding hydrogens is 286 g/mol. The summed E-state index contributed by atoms with van der Waals surface area (Å²) in [5.74, 6) is 0.521. The third-order valence-corrected chi connectivity index (χ3v) is 4.08. The monoisotopic (exact) mass is 286 g/mol. The molecule has 0 spiro atoms. The maximum Gasteiger partial charge on any atom is 0.212 e. The zero-order chi connectivity index (χ0) is 10.3. The molecule has 1 nitrogen and oxygen atoms in total. The van der Waals surface area contributed by atoms with Crippen LogP contribution in [0, 0.1) is 0 Å². The first-order valence-electron chi connectivity index (χ1n) is 3.47. The Hall–Kier alpha value is 0.140. The summed E-state index contributed by atoms with van der Waals surface area (Å²) < 4.78 is 5.71. The van der Waals surface area contributed by atoms with Gasteiger partial charge in [0.1, 0.15) is 10.1 Å². The highest BCUT2D eigenvalue weighted by Crippen LogP contribution is 2.41. The highest BCUT2D eigenvalue weighted by molar-refractivity contribution is 7.15. The number of furan rings is 1. The van der Waals surface area contributed by atoms with Crippen molar-refractivity contribution in [1.82, 2.24) is 0 Å². The summed E-state index contributed by atoms with van der Waals surface area (Å²) in [7, 11) is 0. The van der Waals surface area contributed by atoms with Crippen LogP contribution in [0.1, 0.15) is 0 Å². The zero-order valence-electron chi connectivity index (χ0n) is 6.48. The van der Waals surface area contributed by atoms with Gasteiger partial charge in [0.25, 0.3) is 0 Å². The van der Waals surface area contributed by atoms with E-state index in [0.717, 1.165) is 0 Å². The van der Waals surface area contributed by atoms with Crippen LogP contribution in [0.3, 0.4) is 0 Å². The summed E-state index contributed by atoms with van der Waals surface area (Å²) in [6.07, 6.45) is 0. The number of hydrogen-bond acceptors (Lipinski definition) is 2. The van der Waals surface area contributed by atoms with Crippen LogP contribution in [0.5, 0.6) is 0 Å². The lowest BCUT2D eigenvalue weighted by atomic mass is 10.3. The fourth-order valence-electron chi connectivity index (χ4n) is 0.966. The molecule has 0 N–H and O–H groups in total. The number of rotatable bonds is 1. The summed E-state index contributed by atoms with van der Waals surface area (Å²) in [4.78, 5) is 0. The van der Waals surface area contributed by atoms with Crippen LogP contribution >= 0.6 is 57.7 Å². The van der Waals surface area contributed by atoms with E-state index in [-0.39, 0.29) is 5.22 Å². The Morgan fingerprint density at radius 2 is 1.86 bits per heavy atom. The molecule has 0 unspecified atom stereocenters. The highest BCUT2D eigenvalue weighted by Gasteiger charge is 2.15. The van der Waals surface area contributed by atoms with Gasteiger partial charge in [-0.05, 0) is 11.6 Å². The van der Waals surface area contributed by atoms with E-state index in [1.165, 1.54) is 11.3 Å². The van der Waals surface area contributed by atoms with Crippen LogP contribution in [0.25, 0.3) is 11.3 Å². The van der Waals surface area contributed by atoms with Crippen LogP contribution in [-0.4, -0.2) is 0 Å². The fourth-order valence-corrected chi connectivity index (χ4v) is 2.49. The molecule has 0 radical (unpaired) electrons. The molecule has 0 saturated carbocycles. The summed E-state index contributed by atoms with van der Waals surface area (Å²) in [6, 6.07) is 1.61. The van der Waals surface area contributed by atoms with Crippen LogP contribution in [-0.2, 0) is 0 Å². The largest absolute Gasteiger partial charge is 0.443 e. The molecule has 0 aliphatic carbocycles. The van der Waals surface area contributed by atoms with Gasteiger partial charge < -0.3 is 4.42 Å². The van der Waals surface area contributed by atoms with Crippen molar-refractivity contribution in [2.75, 3.05) is 0 Å². The van der Waals surface area contributed by atoms with E-state index in [4.69, 9.17) is 50.8 Å². The Morgan fingerprint density at radius 3 is 2.29 bits per heavy atom. The number of halogens is 4. The fraction of sp³-hybridized carbons (Fsp3) is 0. The van der Waals surface area contributed by atoms with Crippen molar-refractivity contribution in [1.29, 1.82) is 0 Å². The van der Waals surface area contributed by atoms with Gasteiger partial charge in [-0.3, -0.25) is 0 Å². The van der Waals surface area contributed by atoms with Gasteiger partial charge in [-0.25, -0.2) is 0 Å². The summed E-state index contributed by atoms with van der Waals surface area (Å²) in [6.45, 7) is 0. The quantitative estimate of drug-likeness (QED) is 0.663. The number of thiophene rings is 1. The van der Waals surface area contributed by atoms with Gasteiger partial charge in [-0.15, -0.1) is 11.3 Å². The first kappa shape index (κ1) is 10.7. The summed E-state index contributed by atoms with van der Waals surface area (Å²) in [5.41, 5.74) is 0.704. The molecule has 0 bridgehead atoms. The van der Waals surface area contributed by atoms with Gasteiger partial charge in [0, 0.05) is 17.0 Å². The molecule has 6 heteroatoms. The second kappa shape index (κ2) is 3.95. The molecule has 0 fully saturated rings. The first-order valence-corrected chi connectivity index (χ1v) is 5.86. The van der Waals surface area contributed by atoms with Gasteiger partial charge in [0.15, 0.2) is 0 Å². The first-order chi connectivity index (χ1) is 6.59. The van der Waals surface area contributed by atoms with E-state index in [1.54, 1.807) is 11.4 Å². The van der Waals surface area contributed by atoms with Crippen molar-refractivity contribution in [3.8, 4) is 11.3 Å². The minimum atomic E-state index is 0.153. The molecule has 2 aromatic rings. The average Bonchev–Trinajstić information content (AvgIpc) is 2.61. The Kier molecular flexibility index (Phi) is 3.01. The Balaban J connectivity index is 2.54. The van der Waals surface area contributed by atoms with Crippen LogP contribution in [0.15, 0.2) is 15.9 Å². The van der Waals surface area contributed by atoms with Crippen LogP contribution in [0.2, 0.25) is 19.6 Å². The predicted molar refractivity (Wildman–Crippen MR) is 62.1 cm³/mol. The zero-order valence-corrected chi connectivity index (χ0v) is 10.3. The minimum Gasteiger partial charge on any atom is -0.443 e. The van der Waals surface area contributed by atoms with E-state index in [1.807, 2.05) is 0 Å². The SMILES string of the molecule is Clc1cc(-c2csc(Cl)c2Cl)oc1Cl. The highest BCUT2D eigenvalue weighted by atomic mass is 35.5. The van der Waals surface area contributed by atoms with Crippen molar-refractivity contribution in [3.05, 3.63) is 31.0 Å².